The Labute approximate surface area is 101 Å². The molecule has 1 aromatic carbocycles. The van der Waals surface area contributed by atoms with Crippen LogP contribution in [0.15, 0.2) is 18.2 Å². The van der Waals surface area contributed by atoms with Gasteiger partial charge in [-0.15, -0.1) is 0 Å². The summed E-state index contributed by atoms with van der Waals surface area (Å²) in [5.74, 6) is 1.08. The van der Waals surface area contributed by atoms with E-state index >= 15 is 0 Å². The Balaban J connectivity index is 2.53. The van der Waals surface area contributed by atoms with Crippen LogP contribution in [-0.2, 0) is 4.79 Å². The van der Waals surface area contributed by atoms with Crippen LogP contribution < -0.4 is 11.1 Å². The highest BCUT2D eigenvalue weighted by atomic mass is 32.2. The van der Waals surface area contributed by atoms with Crippen molar-refractivity contribution >= 4 is 29.0 Å². The number of carbonyl (C=O) groups excluding carboxylic acids is 1. The maximum Gasteiger partial charge on any atom is 0.224 e. The number of rotatable bonds is 5. The summed E-state index contributed by atoms with van der Waals surface area (Å²) in [6.07, 6.45) is 3.52. The Morgan fingerprint density at radius 2 is 2.25 bits per heavy atom. The summed E-state index contributed by atoms with van der Waals surface area (Å²) in [4.78, 5) is 11.6. The molecule has 3 nitrogen and oxygen atoms in total. The van der Waals surface area contributed by atoms with Gasteiger partial charge in [-0.25, -0.2) is 0 Å². The number of anilines is 2. The van der Waals surface area contributed by atoms with E-state index in [1.54, 1.807) is 11.8 Å². The van der Waals surface area contributed by atoms with Crippen molar-refractivity contribution in [1.82, 2.24) is 0 Å². The Kier molecular flexibility index (Phi) is 5.19. The fourth-order valence-electron chi connectivity index (χ4n) is 1.38. The smallest absolute Gasteiger partial charge is 0.224 e. The van der Waals surface area contributed by atoms with Crippen LogP contribution in [0.2, 0.25) is 0 Å². The molecule has 0 aliphatic heterocycles. The Morgan fingerprint density at radius 1 is 1.50 bits per heavy atom. The van der Waals surface area contributed by atoms with E-state index in [-0.39, 0.29) is 5.91 Å². The maximum atomic E-state index is 11.6. The first-order valence-electron chi connectivity index (χ1n) is 5.29. The summed E-state index contributed by atoms with van der Waals surface area (Å²) in [5, 5.41) is 2.88. The molecule has 0 aliphatic carbocycles. The minimum atomic E-state index is 0.0581. The second-order valence-corrected chi connectivity index (χ2v) is 4.65. The number of carbonyl (C=O) groups is 1. The zero-order chi connectivity index (χ0) is 12.0. The third-order valence-corrected chi connectivity index (χ3v) is 3.10. The maximum absolute atomic E-state index is 11.6. The van der Waals surface area contributed by atoms with Gasteiger partial charge in [-0.1, -0.05) is 6.07 Å². The molecule has 1 aromatic rings. The van der Waals surface area contributed by atoms with Crippen molar-refractivity contribution in [2.45, 2.75) is 19.8 Å². The van der Waals surface area contributed by atoms with Gasteiger partial charge < -0.3 is 11.1 Å². The molecule has 1 amide bonds. The number of nitrogen functional groups attached to an aromatic ring is 1. The van der Waals surface area contributed by atoms with E-state index in [9.17, 15) is 4.79 Å². The van der Waals surface area contributed by atoms with Crippen LogP contribution in [0.1, 0.15) is 18.4 Å². The van der Waals surface area contributed by atoms with Crippen molar-refractivity contribution in [2.75, 3.05) is 23.1 Å². The molecular weight excluding hydrogens is 220 g/mol. The van der Waals surface area contributed by atoms with Crippen molar-refractivity contribution in [3.05, 3.63) is 23.8 Å². The highest BCUT2D eigenvalue weighted by Gasteiger charge is 2.05. The first-order valence-corrected chi connectivity index (χ1v) is 6.68. The lowest BCUT2D eigenvalue weighted by molar-refractivity contribution is -0.116. The van der Waals surface area contributed by atoms with Crippen LogP contribution in [0.5, 0.6) is 0 Å². The van der Waals surface area contributed by atoms with Gasteiger partial charge in [0.2, 0.25) is 5.91 Å². The summed E-state index contributed by atoms with van der Waals surface area (Å²) in [7, 11) is 0. The molecule has 16 heavy (non-hydrogen) atoms. The van der Waals surface area contributed by atoms with E-state index in [4.69, 9.17) is 5.73 Å². The number of benzene rings is 1. The van der Waals surface area contributed by atoms with Crippen molar-refractivity contribution < 1.29 is 4.79 Å². The molecule has 88 valence electrons. The Morgan fingerprint density at radius 3 is 2.94 bits per heavy atom. The second-order valence-electron chi connectivity index (χ2n) is 3.66. The zero-order valence-corrected chi connectivity index (χ0v) is 10.6. The van der Waals surface area contributed by atoms with E-state index < -0.39 is 0 Å². The van der Waals surface area contributed by atoms with Crippen LogP contribution in [0.3, 0.4) is 0 Å². The fraction of sp³-hybridized carbons (Fsp3) is 0.417. The molecule has 0 saturated carbocycles. The monoisotopic (exact) mass is 238 g/mol. The quantitative estimate of drug-likeness (QED) is 0.612. The molecule has 0 saturated heterocycles. The van der Waals surface area contributed by atoms with Crippen LogP contribution in [0.25, 0.3) is 0 Å². The van der Waals surface area contributed by atoms with Crippen molar-refractivity contribution in [1.29, 1.82) is 0 Å². The highest BCUT2D eigenvalue weighted by Crippen LogP contribution is 2.20. The third kappa shape index (κ3) is 3.77. The molecule has 0 fully saturated rings. The van der Waals surface area contributed by atoms with E-state index in [0.717, 1.165) is 23.4 Å². The van der Waals surface area contributed by atoms with E-state index in [0.29, 0.717) is 12.1 Å². The van der Waals surface area contributed by atoms with Crippen LogP contribution in [0.4, 0.5) is 11.4 Å². The largest absolute Gasteiger partial charge is 0.398 e. The minimum absolute atomic E-state index is 0.0581. The number of hydrogen-bond acceptors (Lipinski definition) is 3. The number of nitrogens with one attached hydrogen (secondary N) is 1. The zero-order valence-electron chi connectivity index (χ0n) is 9.75. The predicted molar refractivity (Wildman–Crippen MR) is 71.8 cm³/mol. The fourth-order valence-corrected chi connectivity index (χ4v) is 1.81. The van der Waals surface area contributed by atoms with E-state index in [2.05, 4.69) is 5.32 Å². The molecule has 0 bridgehead atoms. The molecule has 1 rings (SSSR count). The van der Waals surface area contributed by atoms with Gasteiger partial charge >= 0.3 is 0 Å². The van der Waals surface area contributed by atoms with Gasteiger partial charge in [0.25, 0.3) is 0 Å². The summed E-state index contributed by atoms with van der Waals surface area (Å²) in [6, 6.07) is 5.55. The average molecular weight is 238 g/mol. The molecule has 0 aromatic heterocycles. The van der Waals surface area contributed by atoms with Gasteiger partial charge in [0, 0.05) is 17.8 Å². The van der Waals surface area contributed by atoms with Gasteiger partial charge in [0.05, 0.1) is 0 Å². The number of amides is 1. The standard InChI is InChI=1S/C12H18N2OS/c1-9-10(13)5-3-6-11(9)14-12(15)7-4-8-16-2/h3,5-6H,4,7-8,13H2,1-2H3,(H,14,15). The van der Waals surface area contributed by atoms with E-state index in [1.165, 1.54) is 0 Å². The predicted octanol–water partition coefficient (Wildman–Crippen LogP) is 2.66. The molecule has 0 aliphatic rings. The number of hydrogen-bond donors (Lipinski definition) is 2. The molecule has 0 unspecified atom stereocenters. The van der Waals surface area contributed by atoms with Crippen LogP contribution in [-0.4, -0.2) is 17.9 Å². The average Bonchev–Trinajstić information content (AvgIpc) is 2.25. The molecule has 0 radical (unpaired) electrons. The minimum Gasteiger partial charge on any atom is -0.398 e. The number of thioether (sulfide) groups is 1. The van der Waals surface area contributed by atoms with Crippen molar-refractivity contribution in [3.63, 3.8) is 0 Å². The second kappa shape index (κ2) is 6.43. The van der Waals surface area contributed by atoms with Gasteiger partial charge in [-0.05, 0) is 43.0 Å². The lowest BCUT2D eigenvalue weighted by Gasteiger charge is -2.09. The van der Waals surface area contributed by atoms with Gasteiger partial charge in [0.1, 0.15) is 0 Å². The summed E-state index contributed by atoms with van der Waals surface area (Å²) in [5.41, 5.74) is 8.22. The summed E-state index contributed by atoms with van der Waals surface area (Å²) < 4.78 is 0. The van der Waals surface area contributed by atoms with Gasteiger partial charge in [0.15, 0.2) is 0 Å². The Bertz CT molecular complexity index is 366. The van der Waals surface area contributed by atoms with E-state index in [1.807, 2.05) is 31.4 Å². The molecule has 0 atom stereocenters. The van der Waals surface area contributed by atoms with Crippen molar-refractivity contribution in [3.8, 4) is 0 Å². The lowest BCUT2D eigenvalue weighted by Crippen LogP contribution is -2.12. The molecule has 0 spiro atoms. The molecule has 4 heteroatoms. The topological polar surface area (TPSA) is 55.1 Å². The Hall–Kier alpha value is -1.16. The highest BCUT2D eigenvalue weighted by molar-refractivity contribution is 7.98. The molecular formula is C12H18N2OS. The van der Waals surface area contributed by atoms with Crippen LogP contribution in [0, 0.1) is 6.92 Å². The first kappa shape index (κ1) is 12.9. The SMILES string of the molecule is CSCCCC(=O)Nc1cccc(N)c1C. The van der Waals surface area contributed by atoms with Gasteiger partial charge in [-0.2, -0.15) is 11.8 Å². The summed E-state index contributed by atoms with van der Waals surface area (Å²) >= 11 is 1.76. The lowest BCUT2D eigenvalue weighted by atomic mass is 10.1. The first-order chi connectivity index (χ1) is 7.65. The molecule has 0 heterocycles. The molecule has 3 N–H and O–H groups in total. The normalized spacial score (nSPS) is 10.1. The van der Waals surface area contributed by atoms with Crippen molar-refractivity contribution in [2.24, 2.45) is 0 Å². The van der Waals surface area contributed by atoms with Gasteiger partial charge in [-0.3, -0.25) is 4.79 Å². The third-order valence-electron chi connectivity index (χ3n) is 2.40. The number of nitrogens with two attached hydrogens (primary N) is 1. The summed E-state index contributed by atoms with van der Waals surface area (Å²) in [6.45, 7) is 1.91. The van der Waals surface area contributed by atoms with Crippen LogP contribution >= 0.6 is 11.8 Å².